The molecule has 52 heavy (non-hydrogen) atoms. The van der Waals surface area contributed by atoms with E-state index in [1.54, 1.807) is 35.5 Å². The minimum atomic E-state index is -0.346. The molecule has 0 radical (unpaired) electrons. The van der Waals surface area contributed by atoms with Crippen molar-refractivity contribution in [3.63, 3.8) is 0 Å². The van der Waals surface area contributed by atoms with Gasteiger partial charge in [0, 0.05) is 5.69 Å². The van der Waals surface area contributed by atoms with Gasteiger partial charge in [-0.3, -0.25) is 4.79 Å². The van der Waals surface area contributed by atoms with Crippen LogP contribution in [-0.4, -0.2) is 54.7 Å². The number of hydrogen-bond donors (Lipinski definition) is 2. The zero-order valence-corrected chi connectivity index (χ0v) is 30.8. The van der Waals surface area contributed by atoms with E-state index in [1.165, 1.54) is 6.42 Å². The number of amides is 1. The Labute approximate surface area is 307 Å². The SMILES string of the molecule is COc1cc(C2NC(=O)c3ccccc3N2)ccc1OCCCCCCCCCOc1cc(/C=C/c2cc(OC)c(OC)c(OC)c2)ccc1OC. The van der Waals surface area contributed by atoms with Crippen LogP contribution in [0, 0.1) is 0 Å². The standard InChI is InChI=1S/C42H50N2O8/c1-46-34-21-19-29(17-18-30-26-38(48-3)40(50-5)39(27-30)49-4)25-37(34)52-24-14-10-8-6-7-9-13-23-51-35-22-20-31(28-36(35)47-2)41-43-33-16-12-11-15-32(33)42(45)44-41/h11-12,15-22,25-28,41,43H,6-10,13-14,23-24H2,1-5H3,(H,44,45)/b18-17+. The lowest BCUT2D eigenvalue weighted by Gasteiger charge is -2.28. The Hall–Kier alpha value is -5.51. The average Bonchev–Trinajstić information content (AvgIpc) is 3.18. The summed E-state index contributed by atoms with van der Waals surface area (Å²) in [5.74, 6) is 4.45. The molecule has 2 N–H and O–H groups in total. The molecule has 0 fully saturated rings. The second kappa shape index (κ2) is 19.2. The third kappa shape index (κ3) is 9.84. The second-order valence-electron chi connectivity index (χ2n) is 12.4. The summed E-state index contributed by atoms with van der Waals surface area (Å²) in [5, 5.41) is 6.39. The van der Waals surface area contributed by atoms with Crippen LogP contribution in [0.15, 0.2) is 72.8 Å². The van der Waals surface area contributed by atoms with Gasteiger partial charge in [-0.2, -0.15) is 0 Å². The molecule has 1 aliphatic rings. The predicted molar refractivity (Wildman–Crippen MR) is 205 cm³/mol. The minimum absolute atomic E-state index is 0.103. The lowest BCUT2D eigenvalue weighted by atomic mass is 10.1. The van der Waals surface area contributed by atoms with Gasteiger partial charge in [0.2, 0.25) is 5.75 Å². The number of carbonyl (C=O) groups is 1. The molecule has 1 heterocycles. The quantitative estimate of drug-likeness (QED) is 0.0687. The van der Waals surface area contributed by atoms with Crippen molar-refractivity contribution in [2.45, 2.75) is 51.1 Å². The molecule has 0 saturated heterocycles. The van der Waals surface area contributed by atoms with Crippen molar-refractivity contribution in [3.8, 4) is 40.2 Å². The second-order valence-corrected chi connectivity index (χ2v) is 12.4. The molecule has 10 heteroatoms. The van der Waals surface area contributed by atoms with Gasteiger partial charge in [-0.1, -0.05) is 68.5 Å². The van der Waals surface area contributed by atoms with E-state index in [0.717, 1.165) is 66.7 Å². The fraction of sp³-hybridized carbons (Fsp3) is 0.357. The highest BCUT2D eigenvalue weighted by Crippen LogP contribution is 2.39. The van der Waals surface area contributed by atoms with Crippen LogP contribution in [0.3, 0.4) is 0 Å². The molecule has 0 bridgehead atoms. The van der Waals surface area contributed by atoms with Gasteiger partial charge < -0.3 is 43.8 Å². The first-order valence-corrected chi connectivity index (χ1v) is 17.7. The van der Waals surface area contributed by atoms with Crippen molar-refractivity contribution in [2.75, 3.05) is 54.1 Å². The Morgan fingerprint density at radius 3 is 1.77 bits per heavy atom. The van der Waals surface area contributed by atoms with Crippen molar-refractivity contribution >= 4 is 23.7 Å². The van der Waals surface area contributed by atoms with Crippen LogP contribution < -0.4 is 43.8 Å². The highest BCUT2D eigenvalue weighted by atomic mass is 16.5. The van der Waals surface area contributed by atoms with E-state index in [4.69, 9.17) is 33.2 Å². The molecular weight excluding hydrogens is 660 g/mol. The summed E-state index contributed by atoms with van der Waals surface area (Å²) in [6.45, 7) is 1.25. The van der Waals surface area contributed by atoms with Crippen molar-refractivity contribution in [1.29, 1.82) is 0 Å². The number of fused-ring (bicyclic) bond motifs is 1. The topological polar surface area (TPSA) is 106 Å². The van der Waals surface area contributed by atoms with Crippen LogP contribution in [0.5, 0.6) is 40.2 Å². The Bertz CT molecular complexity index is 1780. The van der Waals surface area contributed by atoms with E-state index < -0.39 is 0 Å². The molecule has 1 unspecified atom stereocenters. The molecule has 0 aliphatic carbocycles. The predicted octanol–water partition coefficient (Wildman–Crippen LogP) is 8.94. The van der Waals surface area contributed by atoms with Gasteiger partial charge in [-0.15, -0.1) is 0 Å². The number of para-hydroxylation sites is 1. The van der Waals surface area contributed by atoms with E-state index in [0.29, 0.717) is 53.3 Å². The van der Waals surface area contributed by atoms with Crippen LogP contribution >= 0.6 is 0 Å². The normalized spacial score (nSPS) is 13.5. The lowest BCUT2D eigenvalue weighted by Crippen LogP contribution is -2.38. The molecule has 0 spiro atoms. The summed E-state index contributed by atoms with van der Waals surface area (Å²) in [6, 6.07) is 23.0. The number of anilines is 1. The van der Waals surface area contributed by atoms with Crippen LogP contribution in [0.2, 0.25) is 0 Å². The average molecular weight is 711 g/mol. The Morgan fingerprint density at radius 1 is 0.538 bits per heavy atom. The van der Waals surface area contributed by atoms with Gasteiger partial charge in [-0.05, 0) is 78.1 Å². The summed E-state index contributed by atoms with van der Waals surface area (Å²) in [7, 11) is 8.09. The van der Waals surface area contributed by atoms with E-state index in [9.17, 15) is 4.79 Å². The number of methoxy groups -OCH3 is 5. The summed E-state index contributed by atoms with van der Waals surface area (Å²) in [4.78, 5) is 12.6. The van der Waals surface area contributed by atoms with Crippen LogP contribution in [0.25, 0.3) is 12.2 Å². The Balaban J connectivity index is 0.986. The summed E-state index contributed by atoms with van der Waals surface area (Å²) in [5.41, 5.74) is 4.25. The molecular formula is C42H50N2O8. The molecule has 276 valence electrons. The Morgan fingerprint density at radius 2 is 1.12 bits per heavy atom. The first-order chi connectivity index (χ1) is 25.5. The maximum atomic E-state index is 12.6. The van der Waals surface area contributed by atoms with Crippen molar-refractivity contribution in [3.05, 3.63) is 95.1 Å². The van der Waals surface area contributed by atoms with E-state index in [1.807, 2.05) is 84.9 Å². The first-order valence-electron chi connectivity index (χ1n) is 17.7. The number of ether oxygens (including phenoxy) is 7. The number of carbonyl (C=O) groups excluding carboxylic acids is 1. The molecule has 10 nitrogen and oxygen atoms in total. The van der Waals surface area contributed by atoms with Crippen molar-refractivity contribution in [2.24, 2.45) is 0 Å². The third-order valence-electron chi connectivity index (χ3n) is 8.91. The molecule has 4 aromatic rings. The molecule has 4 aromatic carbocycles. The van der Waals surface area contributed by atoms with Crippen LogP contribution in [0.1, 0.15) is 78.2 Å². The highest BCUT2D eigenvalue weighted by molar-refractivity contribution is 6.01. The molecule has 1 atom stereocenters. The summed E-state index contributed by atoms with van der Waals surface area (Å²) < 4.78 is 39.7. The van der Waals surface area contributed by atoms with Crippen LogP contribution in [-0.2, 0) is 0 Å². The third-order valence-corrected chi connectivity index (χ3v) is 8.91. The van der Waals surface area contributed by atoms with Gasteiger partial charge in [-0.25, -0.2) is 0 Å². The number of hydrogen-bond acceptors (Lipinski definition) is 9. The Kier molecular flexibility index (Phi) is 13.9. The molecule has 1 aliphatic heterocycles. The van der Waals surface area contributed by atoms with Crippen molar-refractivity contribution < 1.29 is 38.0 Å². The highest BCUT2D eigenvalue weighted by Gasteiger charge is 2.25. The van der Waals surface area contributed by atoms with Gasteiger partial charge >= 0.3 is 0 Å². The van der Waals surface area contributed by atoms with Gasteiger partial charge in [0.05, 0.1) is 54.3 Å². The maximum Gasteiger partial charge on any atom is 0.255 e. The van der Waals surface area contributed by atoms with Gasteiger partial charge in [0.25, 0.3) is 5.91 Å². The monoisotopic (exact) mass is 710 g/mol. The maximum absolute atomic E-state index is 12.6. The van der Waals surface area contributed by atoms with Gasteiger partial charge in [0.1, 0.15) is 6.17 Å². The number of benzene rings is 4. The number of rotatable bonds is 20. The minimum Gasteiger partial charge on any atom is -0.493 e. The fourth-order valence-electron chi connectivity index (χ4n) is 6.11. The molecule has 0 saturated carbocycles. The lowest BCUT2D eigenvalue weighted by molar-refractivity contribution is 0.0935. The van der Waals surface area contributed by atoms with E-state index in [-0.39, 0.29) is 12.1 Å². The fourth-order valence-corrected chi connectivity index (χ4v) is 6.11. The smallest absolute Gasteiger partial charge is 0.255 e. The summed E-state index contributed by atoms with van der Waals surface area (Å²) >= 11 is 0. The molecule has 1 amide bonds. The van der Waals surface area contributed by atoms with Crippen LogP contribution in [0.4, 0.5) is 5.69 Å². The summed E-state index contributed by atoms with van der Waals surface area (Å²) in [6.07, 6.45) is 11.3. The number of nitrogens with one attached hydrogen (secondary N) is 2. The first kappa shape index (κ1) is 37.7. The number of unbranched alkanes of at least 4 members (excludes halogenated alkanes) is 6. The largest absolute Gasteiger partial charge is 0.493 e. The van der Waals surface area contributed by atoms with E-state index >= 15 is 0 Å². The molecule has 5 rings (SSSR count). The van der Waals surface area contributed by atoms with E-state index in [2.05, 4.69) is 10.6 Å². The van der Waals surface area contributed by atoms with Gasteiger partial charge in [0.15, 0.2) is 34.5 Å². The zero-order chi connectivity index (χ0) is 36.7. The molecule has 0 aromatic heterocycles. The van der Waals surface area contributed by atoms with Crippen molar-refractivity contribution in [1.82, 2.24) is 5.32 Å². The zero-order valence-electron chi connectivity index (χ0n) is 30.8.